The molecule has 2 unspecified atom stereocenters. The van der Waals surface area contributed by atoms with Crippen molar-refractivity contribution in [3.05, 3.63) is 30.1 Å². The van der Waals surface area contributed by atoms with Gasteiger partial charge in [-0.15, -0.1) is 0 Å². The van der Waals surface area contributed by atoms with E-state index >= 15 is 0 Å². The van der Waals surface area contributed by atoms with Crippen molar-refractivity contribution in [1.82, 2.24) is 15.2 Å². The van der Waals surface area contributed by atoms with Crippen molar-refractivity contribution in [1.29, 1.82) is 0 Å². The Morgan fingerprint density at radius 2 is 2.31 bits per heavy atom. The van der Waals surface area contributed by atoms with Crippen LogP contribution in [-0.4, -0.2) is 35.1 Å². The highest BCUT2D eigenvalue weighted by atomic mass is 15.2. The number of hydrogen-bond donors (Lipinski definition) is 1. The van der Waals surface area contributed by atoms with Gasteiger partial charge >= 0.3 is 0 Å². The molecule has 3 rings (SSSR count). The minimum atomic E-state index is 0.685. The van der Waals surface area contributed by atoms with Crippen molar-refractivity contribution >= 4 is 0 Å². The first-order valence-corrected chi connectivity index (χ1v) is 6.31. The molecule has 3 heterocycles. The molecule has 0 aliphatic carbocycles. The third kappa shape index (κ3) is 1.97. The molecule has 0 spiro atoms. The Kier molecular flexibility index (Phi) is 2.89. The summed E-state index contributed by atoms with van der Waals surface area (Å²) in [4.78, 5) is 6.98. The summed E-state index contributed by atoms with van der Waals surface area (Å²) in [6.07, 6.45) is 5.93. The molecular formula is C13H19N3. The average molecular weight is 217 g/mol. The van der Waals surface area contributed by atoms with Crippen LogP contribution in [0.4, 0.5) is 0 Å². The summed E-state index contributed by atoms with van der Waals surface area (Å²) in [5, 5.41) is 3.67. The lowest BCUT2D eigenvalue weighted by Crippen LogP contribution is -2.38. The lowest BCUT2D eigenvalue weighted by atomic mass is 10.1. The Labute approximate surface area is 96.9 Å². The topological polar surface area (TPSA) is 28.2 Å². The van der Waals surface area contributed by atoms with E-state index in [0.29, 0.717) is 6.04 Å². The van der Waals surface area contributed by atoms with Gasteiger partial charge in [0.05, 0.1) is 5.69 Å². The van der Waals surface area contributed by atoms with Gasteiger partial charge in [0.25, 0.3) is 0 Å². The molecule has 2 fully saturated rings. The summed E-state index contributed by atoms with van der Waals surface area (Å²) in [7, 11) is 0. The summed E-state index contributed by atoms with van der Waals surface area (Å²) >= 11 is 0. The normalized spacial score (nSPS) is 29.5. The van der Waals surface area contributed by atoms with E-state index in [0.717, 1.165) is 18.3 Å². The zero-order valence-electron chi connectivity index (χ0n) is 9.60. The summed E-state index contributed by atoms with van der Waals surface area (Å²) < 4.78 is 0. The van der Waals surface area contributed by atoms with E-state index in [1.165, 1.54) is 32.4 Å². The number of rotatable bonds is 3. The zero-order valence-corrected chi connectivity index (χ0v) is 9.60. The first-order chi connectivity index (χ1) is 7.93. The monoisotopic (exact) mass is 217 g/mol. The molecule has 86 valence electrons. The lowest BCUT2D eigenvalue weighted by Gasteiger charge is -2.21. The minimum Gasteiger partial charge on any atom is -0.307 e. The molecule has 3 nitrogen and oxygen atoms in total. The Morgan fingerprint density at radius 1 is 1.31 bits per heavy atom. The van der Waals surface area contributed by atoms with Crippen LogP contribution in [0.2, 0.25) is 0 Å². The van der Waals surface area contributed by atoms with Crippen LogP contribution in [-0.2, 0) is 6.54 Å². The molecule has 0 bridgehead atoms. The molecule has 2 aliphatic heterocycles. The number of fused-ring (bicyclic) bond motifs is 1. The molecule has 2 aliphatic rings. The van der Waals surface area contributed by atoms with Gasteiger partial charge in [0.2, 0.25) is 0 Å². The Bertz CT molecular complexity index is 338. The van der Waals surface area contributed by atoms with E-state index < -0.39 is 0 Å². The fourth-order valence-electron chi connectivity index (χ4n) is 3.06. The van der Waals surface area contributed by atoms with Crippen molar-refractivity contribution in [2.45, 2.75) is 37.9 Å². The molecule has 1 aromatic heterocycles. The predicted octanol–water partition coefficient (Wildman–Crippen LogP) is 1.41. The van der Waals surface area contributed by atoms with Crippen molar-refractivity contribution in [2.75, 3.05) is 13.1 Å². The van der Waals surface area contributed by atoms with Crippen molar-refractivity contribution in [2.24, 2.45) is 0 Å². The highest BCUT2D eigenvalue weighted by Crippen LogP contribution is 2.27. The van der Waals surface area contributed by atoms with Gasteiger partial charge in [0, 0.05) is 31.4 Å². The van der Waals surface area contributed by atoms with Gasteiger partial charge in [-0.1, -0.05) is 6.07 Å². The van der Waals surface area contributed by atoms with E-state index in [1.807, 2.05) is 12.3 Å². The van der Waals surface area contributed by atoms with Crippen LogP contribution >= 0.6 is 0 Å². The third-order valence-corrected chi connectivity index (χ3v) is 3.88. The average Bonchev–Trinajstić information content (AvgIpc) is 2.90. The molecule has 0 aromatic carbocycles. The molecule has 3 heteroatoms. The number of aromatic nitrogens is 1. The van der Waals surface area contributed by atoms with Crippen LogP contribution in [0.3, 0.4) is 0 Å². The SMILES string of the molecule is c1ccc(CNC2CCN3CCCC23)nc1. The van der Waals surface area contributed by atoms with Gasteiger partial charge < -0.3 is 5.32 Å². The molecule has 0 radical (unpaired) electrons. The van der Waals surface area contributed by atoms with Crippen LogP contribution < -0.4 is 5.32 Å². The molecule has 0 amide bonds. The maximum Gasteiger partial charge on any atom is 0.0541 e. The zero-order chi connectivity index (χ0) is 10.8. The quantitative estimate of drug-likeness (QED) is 0.829. The number of nitrogens with one attached hydrogen (secondary N) is 1. The van der Waals surface area contributed by atoms with E-state index in [-0.39, 0.29) is 0 Å². The fourth-order valence-corrected chi connectivity index (χ4v) is 3.06. The maximum atomic E-state index is 4.35. The second-order valence-corrected chi connectivity index (χ2v) is 4.84. The number of hydrogen-bond acceptors (Lipinski definition) is 3. The predicted molar refractivity (Wildman–Crippen MR) is 64.1 cm³/mol. The summed E-state index contributed by atoms with van der Waals surface area (Å²) in [6.45, 7) is 3.51. The summed E-state index contributed by atoms with van der Waals surface area (Å²) in [6, 6.07) is 7.60. The van der Waals surface area contributed by atoms with Crippen molar-refractivity contribution in [3.8, 4) is 0 Å². The molecule has 1 aromatic rings. The summed E-state index contributed by atoms with van der Waals surface area (Å²) in [5.41, 5.74) is 1.15. The molecule has 1 N–H and O–H groups in total. The standard InChI is InChI=1S/C13H19N3/c1-2-7-14-11(4-1)10-15-12-6-9-16-8-3-5-13(12)16/h1-2,4,7,12-13,15H,3,5-6,8-10H2. The highest BCUT2D eigenvalue weighted by molar-refractivity contribution is 5.04. The van der Waals surface area contributed by atoms with Crippen LogP contribution in [0, 0.1) is 0 Å². The van der Waals surface area contributed by atoms with Crippen LogP contribution in [0.1, 0.15) is 25.0 Å². The second kappa shape index (κ2) is 4.52. The Hall–Kier alpha value is -0.930. The van der Waals surface area contributed by atoms with Crippen LogP contribution in [0.5, 0.6) is 0 Å². The van der Waals surface area contributed by atoms with Crippen LogP contribution in [0.25, 0.3) is 0 Å². The van der Waals surface area contributed by atoms with Crippen molar-refractivity contribution in [3.63, 3.8) is 0 Å². The van der Waals surface area contributed by atoms with Gasteiger partial charge in [-0.25, -0.2) is 0 Å². The Balaban J connectivity index is 1.56. The number of nitrogens with zero attached hydrogens (tertiary/aromatic N) is 2. The van der Waals surface area contributed by atoms with E-state index in [4.69, 9.17) is 0 Å². The molecule has 2 atom stereocenters. The Morgan fingerprint density at radius 3 is 3.19 bits per heavy atom. The van der Waals surface area contributed by atoms with Crippen LogP contribution in [0.15, 0.2) is 24.4 Å². The van der Waals surface area contributed by atoms with E-state index in [9.17, 15) is 0 Å². The van der Waals surface area contributed by atoms with Gasteiger partial charge in [-0.05, 0) is 37.9 Å². The highest BCUT2D eigenvalue weighted by Gasteiger charge is 2.36. The van der Waals surface area contributed by atoms with E-state index in [2.05, 4.69) is 27.3 Å². The largest absolute Gasteiger partial charge is 0.307 e. The first kappa shape index (κ1) is 10.2. The van der Waals surface area contributed by atoms with Gasteiger partial charge in [-0.3, -0.25) is 9.88 Å². The summed E-state index contributed by atoms with van der Waals surface area (Å²) in [5.74, 6) is 0. The molecule has 2 saturated heterocycles. The minimum absolute atomic E-state index is 0.685. The van der Waals surface area contributed by atoms with Gasteiger partial charge in [0.1, 0.15) is 0 Å². The van der Waals surface area contributed by atoms with E-state index in [1.54, 1.807) is 0 Å². The second-order valence-electron chi connectivity index (χ2n) is 4.84. The maximum absolute atomic E-state index is 4.35. The fraction of sp³-hybridized carbons (Fsp3) is 0.615. The molecule has 16 heavy (non-hydrogen) atoms. The molecule has 0 saturated carbocycles. The van der Waals surface area contributed by atoms with Gasteiger partial charge in [-0.2, -0.15) is 0 Å². The van der Waals surface area contributed by atoms with Crippen molar-refractivity contribution < 1.29 is 0 Å². The third-order valence-electron chi connectivity index (χ3n) is 3.88. The smallest absolute Gasteiger partial charge is 0.0541 e. The lowest BCUT2D eigenvalue weighted by molar-refractivity contribution is 0.298. The number of pyridine rings is 1. The first-order valence-electron chi connectivity index (χ1n) is 6.31. The molecular weight excluding hydrogens is 198 g/mol. The van der Waals surface area contributed by atoms with Gasteiger partial charge in [0.15, 0.2) is 0 Å².